The molecular weight excluding hydrogens is 469 g/mol. The molecule has 0 spiro atoms. The van der Waals surface area contributed by atoms with Gasteiger partial charge < -0.3 is 19.7 Å². The smallest absolute Gasteiger partial charge is 0.194 e. The molecule has 0 bridgehead atoms. The SMILES string of the molecule is CN=C(NCc1ccccc1-n1cccn1)N1CCOC(C2CCCO2)C1.I. The fraction of sp³-hybridized carbons (Fsp3) is 0.500. The fourth-order valence-corrected chi connectivity index (χ4v) is 3.79. The molecule has 0 aliphatic carbocycles. The van der Waals surface area contributed by atoms with Crippen LogP contribution in [0.25, 0.3) is 5.69 Å². The average molecular weight is 497 g/mol. The molecule has 8 heteroatoms. The largest absolute Gasteiger partial charge is 0.375 e. The number of para-hydroxylation sites is 1. The molecule has 28 heavy (non-hydrogen) atoms. The van der Waals surface area contributed by atoms with Crippen LogP contribution in [-0.4, -0.2) is 66.2 Å². The first kappa shape index (κ1) is 21.1. The average Bonchev–Trinajstić information content (AvgIpc) is 3.43. The molecule has 0 saturated carbocycles. The van der Waals surface area contributed by atoms with Crippen LogP contribution < -0.4 is 5.32 Å². The van der Waals surface area contributed by atoms with Gasteiger partial charge in [-0.25, -0.2) is 4.68 Å². The number of ether oxygens (including phenoxy) is 2. The number of nitrogens with zero attached hydrogens (tertiary/aromatic N) is 4. The second kappa shape index (κ2) is 10.2. The third-order valence-corrected chi connectivity index (χ3v) is 5.16. The summed E-state index contributed by atoms with van der Waals surface area (Å²) < 4.78 is 13.7. The van der Waals surface area contributed by atoms with Crippen molar-refractivity contribution >= 4 is 29.9 Å². The number of guanidine groups is 1. The van der Waals surface area contributed by atoms with Crippen molar-refractivity contribution in [3.63, 3.8) is 0 Å². The molecule has 3 heterocycles. The minimum atomic E-state index is 0. The molecule has 0 amide bonds. The van der Waals surface area contributed by atoms with Crippen LogP contribution >= 0.6 is 24.0 Å². The first-order valence-electron chi connectivity index (χ1n) is 9.62. The monoisotopic (exact) mass is 497 g/mol. The molecule has 2 atom stereocenters. The minimum absolute atomic E-state index is 0. The topological polar surface area (TPSA) is 63.9 Å². The van der Waals surface area contributed by atoms with Crippen LogP contribution in [0.1, 0.15) is 18.4 Å². The summed E-state index contributed by atoms with van der Waals surface area (Å²) in [6.07, 6.45) is 6.30. The van der Waals surface area contributed by atoms with Crippen molar-refractivity contribution in [3.05, 3.63) is 48.3 Å². The summed E-state index contributed by atoms with van der Waals surface area (Å²) >= 11 is 0. The summed E-state index contributed by atoms with van der Waals surface area (Å²) in [5.41, 5.74) is 2.25. The third-order valence-electron chi connectivity index (χ3n) is 5.16. The van der Waals surface area contributed by atoms with Crippen LogP contribution in [-0.2, 0) is 16.0 Å². The first-order chi connectivity index (χ1) is 13.3. The number of hydrogen-bond acceptors (Lipinski definition) is 4. The lowest BCUT2D eigenvalue weighted by Gasteiger charge is -2.37. The summed E-state index contributed by atoms with van der Waals surface area (Å²) in [7, 11) is 1.83. The Labute approximate surface area is 183 Å². The highest BCUT2D eigenvalue weighted by molar-refractivity contribution is 14.0. The van der Waals surface area contributed by atoms with E-state index >= 15 is 0 Å². The molecule has 0 radical (unpaired) electrons. The van der Waals surface area contributed by atoms with Crippen LogP contribution in [0.2, 0.25) is 0 Å². The molecular formula is C20H28IN5O2. The van der Waals surface area contributed by atoms with Gasteiger partial charge in [-0.05, 0) is 30.5 Å². The van der Waals surface area contributed by atoms with Gasteiger partial charge in [0.15, 0.2) is 5.96 Å². The van der Waals surface area contributed by atoms with E-state index in [4.69, 9.17) is 9.47 Å². The third kappa shape index (κ3) is 4.84. The van der Waals surface area contributed by atoms with Crippen molar-refractivity contribution in [2.75, 3.05) is 33.4 Å². The Kier molecular flexibility index (Phi) is 7.69. The van der Waals surface area contributed by atoms with E-state index in [9.17, 15) is 0 Å². The van der Waals surface area contributed by atoms with Crippen molar-refractivity contribution in [1.29, 1.82) is 0 Å². The highest BCUT2D eigenvalue weighted by atomic mass is 127. The molecule has 2 aromatic rings. The number of halogens is 1. The molecule has 7 nitrogen and oxygen atoms in total. The number of nitrogens with one attached hydrogen (secondary N) is 1. The van der Waals surface area contributed by atoms with Crippen LogP contribution in [0.4, 0.5) is 0 Å². The van der Waals surface area contributed by atoms with Crippen molar-refractivity contribution in [1.82, 2.24) is 20.0 Å². The number of aliphatic imine (C=N–C) groups is 1. The zero-order valence-corrected chi connectivity index (χ0v) is 18.5. The van der Waals surface area contributed by atoms with Crippen LogP contribution in [0, 0.1) is 0 Å². The highest BCUT2D eigenvalue weighted by Crippen LogP contribution is 2.21. The first-order valence-corrected chi connectivity index (χ1v) is 9.62. The predicted octanol–water partition coefficient (Wildman–Crippen LogP) is 2.45. The predicted molar refractivity (Wildman–Crippen MR) is 119 cm³/mol. The van der Waals surface area contributed by atoms with E-state index in [-0.39, 0.29) is 36.2 Å². The van der Waals surface area contributed by atoms with Crippen LogP contribution in [0.15, 0.2) is 47.7 Å². The van der Waals surface area contributed by atoms with Gasteiger partial charge in [-0.1, -0.05) is 18.2 Å². The van der Waals surface area contributed by atoms with Gasteiger partial charge in [0.2, 0.25) is 0 Å². The summed E-state index contributed by atoms with van der Waals surface area (Å²) in [4.78, 5) is 6.76. The minimum Gasteiger partial charge on any atom is -0.375 e. The van der Waals surface area contributed by atoms with Gasteiger partial charge in [-0.3, -0.25) is 4.99 Å². The lowest BCUT2D eigenvalue weighted by Crippen LogP contribution is -2.53. The molecule has 2 unspecified atom stereocenters. The van der Waals surface area contributed by atoms with Gasteiger partial charge in [-0.15, -0.1) is 24.0 Å². The van der Waals surface area contributed by atoms with Crippen molar-refractivity contribution in [3.8, 4) is 5.69 Å². The maximum absolute atomic E-state index is 5.96. The van der Waals surface area contributed by atoms with Crippen molar-refractivity contribution < 1.29 is 9.47 Å². The number of morpholine rings is 1. The Morgan fingerprint density at radius 3 is 2.82 bits per heavy atom. The highest BCUT2D eigenvalue weighted by Gasteiger charge is 2.32. The molecule has 2 saturated heterocycles. The molecule has 1 aromatic heterocycles. The van der Waals surface area contributed by atoms with E-state index in [0.29, 0.717) is 13.2 Å². The molecule has 2 aliphatic heterocycles. The summed E-state index contributed by atoms with van der Waals surface area (Å²) in [5.74, 6) is 0.900. The number of hydrogen-bond donors (Lipinski definition) is 1. The molecule has 1 aromatic carbocycles. The summed E-state index contributed by atoms with van der Waals surface area (Å²) in [6, 6.07) is 10.2. The maximum atomic E-state index is 5.96. The fourth-order valence-electron chi connectivity index (χ4n) is 3.79. The Morgan fingerprint density at radius 2 is 2.07 bits per heavy atom. The number of aromatic nitrogens is 2. The van der Waals surface area contributed by atoms with E-state index < -0.39 is 0 Å². The second-order valence-electron chi connectivity index (χ2n) is 6.89. The van der Waals surface area contributed by atoms with E-state index in [1.165, 1.54) is 5.56 Å². The van der Waals surface area contributed by atoms with Gasteiger partial charge in [0.05, 0.1) is 18.4 Å². The zero-order valence-electron chi connectivity index (χ0n) is 16.2. The Hall–Kier alpha value is -1.65. The summed E-state index contributed by atoms with van der Waals surface area (Å²) in [6.45, 7) is 3.89. The van der Waals surface area contributed by atoms with Gasteiger partial charge in [0.25, 0.3) is 0 Å². The van der Waals surface area contributed by atoms with Crippen molar-refractivity contribution in [2.45, 2.75) is 31.6 Å². The normalized spacial score (nSPS) is 22.8. The van der Waals surface area contributed by atoms with Crippen LogP contribution in [0.3, 0.4) is 0 Å². The van der Waals surface area contributed by atoms with E-state index in [0.717, 1.165) is 44.2 Å². The van der Waals surface area contributed by atoms with Gasteiger partial charge in [-0.2, -0.15) is 5.10 Å². The van der Waals surface area contributed by atoms with Gasteiger partial charge in [0, 0.05) is 45.7 Å². The summed E-state index contributed by atoms with van der Waals surface area (Å²) in [5, 5.41) is 7.86. The Balaban J connectivity index is 0.00000225. The Morgan fingerprint density at radius 1 is 1.21 bits per heavy atom. The maximum Gasteiger partial charge on any atom is 0.194 e. The molecule has 4 rings (SSSR count). The van der Waals surface area contributed by atoms with E-state index in [1.807, 2.05) is 30.1 Å². The molecule has 2 aliphatic rings. The van der Waals surface area contributed by atoms with Gasteiger partial charge >= 0.3 is 0 Å². The Bertz CT molecular complexity index is 762. The van der Waals surface area contributed by atoms with E-state index in [2.05, 4.69) is 38.5 Å². The zero-order chi connectivity index (χ0) is 18.5. The lowest BCUT2D eigenvalue weighted by atomic mass is 10.1. The standard InChI is InChI=1S/C20H27N5O2.HI/c1-21-20(24-11-13-27-19(15-24)18-8-4-12-26-18)22-14-16-6-2-3-7-17(16)25-10-5-9-23-25;/h2-3,5-7,9-10,18-19H,4,8,11-15H2,1H3,(H,21,22);1H. The van der Waals surface area contributed by atoms with Crippen molar-refractivity contribution in [2.24, 2.45) is 4.99 Å². The number of rotatable bonds is 4. The second-order valence-corrected chi connectivity index (χ2v) is 6.89. The quantitative estimate of drug-likeness (QED) is 0.400. The molecule has 152 valence electrons. The molecule has 2 fully saturated rings. The van der Waals surface area contributed by atoms with Gasteiger partial charge in [0.1, 0.15) is 6.10 Å². The molecule has 1 N–H and O–H groups in total. The lowest BCUT2D eigenvalue weighted by molar-refractivity contribution is -0.0817. The van der Waals surface area contributed by atoms with Crippen LogP contribution in [0.5, 0.6) is 0 Å². The van der Waals surface area contributed by atoms with E-state index in [1.54, 1.807) is 6.20 Å². The number of benzene rings is 1.